The van der Waals surface area contributed by atoms with Crippen LogP contribution in [0.5, 0.6) is 5.75 Å². The zero-order valence-electron chi connectivity index (χ0n) is 15.3. The molecule has 27 heavy (non-hydrogen) atoms. The molecule has 1 unspecified atom stereocenters. The number of hydrogen-bond acceptors (Lipinski definition) is 5. The van der Waals surface area contributed by atoms with E-state index in [1.807, 2.05) is 0 Å². The minimum absolute atomic E-state index is 0.00763. The van der Waals surface area contributed by atoms with E-state index in [4.69, 9.17) is 4.74 Å². The SMILES string of the molecule is COc1ccc(NC(=O)C(c2cccc([N+](=O)[O-])c2)N2CCCCC2)cc1. The third kappa shape index (κ3) is 4.62. The molecular formula is C20H23N3O4. The van der Waals surface area contributed by atoms with E-state index in [-0.39, 0.29) is 11.6 Å². The normalized spacial score (nSPS) is 15.7. The van der Waals surface area contributed by atoms with E-state index in [0.717, 1.165) is 32.4 Å². The molecule has 0 saturated carbocycles. The van der Waals surface area contributed by atoms with E-state index in [9.17, 15) is 14.9 Å². The van der Waals surface area contributed by atoms with Gasteiger partial charge >= 0.3 is 0 Å². The lowest BCUT2D eigenvalue weighted by Crippen LogP contribution is -2.40. The molecule has 0 bridgehead atoms. The molecule has 1 fully saturated rings. The quantitative estimate of drug-likeness (QED) is 0.619. The number of hydrogen-bond donors (Lipinski definition) is 1. The van der Waals surface area contributed by atoms with Gasteiger partial charge in [-0.15, -0.1) is 0 Å². The first-order valence-electron chi connectivity index (χ1n) is 9.02. The molecule has 1 saturated heterocycles. The van der Waals surface area contributed by atoms with Crippen LogP contribution in [0.1, 0.15) is 30.9 Å². The van der Waals surface area contributed by atoms with Crippen molar-refractivity contribution in [3.63, 3.8) is 0 Å². The molecule has 1 heterocycles. The van der Waals surface area contributed by atoms with Gasteiger partial charge in [-0.3, -0.25) is 19.8 Å². The molecule has 1 aliphatic rings. The molecule has 0 radical (unpaired) electrons. The number of carbonyl (C=O) groups is 1. The second-order valence-corrected chi connectivity index (χ2v) is 6.57. The molecule has 3 rings (SSSR count). The lowest BCUT2D eigenvalue weighted by molar-refractivity contribution is -0.384. The van der Waals surface area contributed by atoms with Crippen LogP contribution in [0, 0.1) is 10.1 Å². The Morgan fingerprint density at radius 2 is 1.85 bits per heavy atom. The van der Waals surface area contributed by atoms with Crippen LogP contribution in [0.4, 0.5) is 11.4 Å². The van der Waals surface area contributed by atoms with E-state index < -0.39 is 11.0 Å². The highest BCUT2D eigenvalue weighted by atomic mass is 16.6. The van der Waals surface area contributed by atoms with Gasteiger partial charge in [0.1, 0.15) is 11.8 Å². The summed E-state index contributed by atoms with van der Waals surface area (Å²) in [6.07, 6.45) is 3.17. The smallest absolute Gasteiger partial charge is 0.269 e. The fourth-order valence-electron chi connectivity index (χ4n) is 3.40. The fraction of sp³-hybridized carbons (Fsp3) is 0.350. The summed E-state index contributed by atoms with van der Waals surface area (Å²) in [5, 5.41) is 14.1. The summed E-state index contributed by atoms with van der Waals surface area (Å²) in [5.74, 6) is 0.516. The second-order valence-electron chi connectivity index (χ2n) is 6.57. The molecule has 0 spiro atoms. The van der Waals surface area contributed by atoms with Gasteiger partial charge in [0.25, 0.3) is 5.69 Å². The highest BCUT2D eigenvalue weighted by molar-refractivity contribution is 5.95. The molecule has 1 atom stereocenters. The Balaban J connectivity index is 1.87. The van der Waals surface area contributed by atoms with Gasteiger partial charge in [0.05, 0.1) is 12.0 Å². The maximum Gasteiger partial charge on any atom is 0.269 e. The number of anilines is 1. The summed E-state index contributed by atoms with van der Waals surface area (Å²) < 4.78 is 5.14. The molecule has 1 amide bonds. The Hall–Kier alpha value is -2.93. The van der Waals surface area contributed by atoms with E-state index >= 15 is 0 Å². The monoisotopic (exact) mass is 369 g/mol. The van der Waals surface area contributed by atoms with Crippen LogP contribution >= 0.6 is 0 Å². The summed E-state index contributed by atoms with van der Waals surface area (Å²) in [6, 6.07) is 12.9. The molecular weight excluding hydrogens is 346 g/mol. The molecule has 0 aromatic heterocycles. The molecule has 142 valence electrons. The van der Waals surface area contributed by atoms with Gasteiger partial charge in [-0.05, 0) is 55.8 Å². The average Bonchev–Trinajstić information content (AvgIpc) is 2.70. The van der Waals surface area contributed by atoms with E-state index in [1.165, 1.54) is 12.1 Å². The number of methoxy groups -OCH3 is 1. The number of rotatable bonds is 6. The predicted octanol–water partition coefficient (Wildman–Crippen LogP) is 3.77. The van der Waals surface area contributed by atoms with Gasteiger partial charge in [-0.25, -0.2) is 0 Å². The van der Waals surface area contributed by atoms with Crippen molar-refractivity contribution in [1.29, 1.82) is 0 Å². The number of amides is 1. The van der Waals surface area contributed by atoms with E-state index in [1.54, 1.807) is 43.5 Å². The second kappa shape index (κ2) is 8.64. The minimum atomic E-state index is -0.563. The lowest BCUT2D eigenvalue weighted by atomic mass is 10.00. The number of carbonyl (C=O) groups excluding carboxylic acids is 1. The molecule has 7 heteroatoms. The van der Waals surface area contributed by atoms with Crippen molar-refractivity contribution >= 4 is 17.3 Å². The summed E-state index contributed by atoms with van der Waals surface area (Å²) in [6.45, 7) is 1.59. The fourth-order valence-corrected chi connectivity index (χ4v) is 3.40. The number of nitro groups is 1. The van der Waals surface area contributed by atoms with Gasteiger partial charge in [-0.2, -0.15) is 0 Å². The molecule has 2 aromatic rings. The van der Waals surface area contributed by atoms with Crippen LogP contribution in [-0.4, -0.2) is 35.9 Å². The zero-order valence-corrected chi connectivity index (χ0v) is 15.3. The Labute approximate surface area is 158 Å². The molecule has 0 aliphatic carbocycles. The van der Waals surface area contributed by atoms with Crippen LogP contribution in [0.25, 0.3) is 0 Å². The molecule has 7 nitrogen and oxygen atoms in total. The average molecular weight is 369 g/mol. The van der Waals surface area contributed by atoms with Gasteiger partial charge < -0.3 is 10.1 Å². The number of non-ortho nitro benzene ring substituents is 1. The molecule has 2 aromatic carbocycles. The number of benzene rings is 2. The minimum Gasteiger partial charge on any atom is -0.497 e. The molecule has 1 N–H and O–H groups in total. The van der Waals surface area contributed by atoms with Gasteiger partial charge in [-0.1, -0.05) is 18.6 Å². The summed E-state index contributed by atoms with van der Waals surface area (Å²) in [7, 11) is 1.59. The van der Waals surface area contributed by atoms with E-state index in [2.05, 4.69) is 10.2 Å². The maximum absolute atomic E-state index is 13.1. The van der Waals surface area contributed by atoms with Crippen LogP contribution in [0.2, 0.25) is 0 Å². The Bertz CT molecular complexity index is 801. The van der Waals surface area contributed by atoms with Gasteiger partial charge in [0.15, 0.2) is 0 Å². The number of likely N-dealkylation sites (tertiary alicyclic amines) is 1. The number of nitro benzene ring substituents is 1. The van der Waals surface area contributed by atoms with Crippen LogP contribution in [-0.2, 0) is 4.79 Å². The lowest BCUT2D eigenvalue weighted by Gasteiger charge is -2.33. The van der Waals surface area contributed by atoms with Crippen molar-refractivity contribution in [2.45, 2.75) is 25.3 Å². The first kappa shape index (κ1) is 18.8. The molecule has 1 aliphatic heterocycles. The summed E-state index contributed by atoms with van der Waals surface area (Å²) in [4.78, 5) is 25.9. The summed E-state index contributed by atoms with van der Waals surface area (Å²) >= 11 is 0. The van der Waals surface area contributed by atoms with Gasteiger partial charge in [0, 0.05) is 17.8 Å². The highest BCUT2D eigenvalue weighted by Gasteiger charge is 2.30. The predicted molar refractivity (Wildman–Crippen MR) is 103 cm³/mol. The number of piperidine rings is 1. The highest BCUT2D eigenvalue weighted by Crippen LogP contribution is 2.29. The largest absolute Gasteiger partial charge is 0.497 e. The number of nitrogens with one attached hydrogen (secondary N) is 1. The van der Waals surface area contributed by atoms with Crippen LogP contribution < -0.4 is 10.1 Å². The Morgan fingerprint density at radius 3 is 2.48 bits per heavy atom. The first-order valence-corrected chi connectivity index (χ1v) is 9.02. The maximum atomic E-state index is 13.1. The van der Waals surface area contributed by atoms with Crippen molar-refractivity contribution in [2.75, 3.05) is 25.5 Å². The Morgan fingerprint density at radius 1 is 1.15 bits per heavy atom. The van der Waals surface area contributed by atoms with Crippen molar-refractivity contribution in [2.24, 2.45) is 0 Å². The topological polar surface area (TPSA) is 84.7 Å². The standard InChI is InChI=1S/C20H23N3O4/c1-27-18-10-8-16(9-11-18)21-20(24)19(22-12-3-2-4-13-22)15-6-5-7-17(14-15)23(25)26/h5-11,14,19H,2-4,12-13H2,1H3,(H,21,24). The Kier molecular flexibility index (Phi) is 6.03. The number of ether oxygens (including phenoxy) is 1. The number of nitrogens with zero attached hydrogens (tertiary/aromatic N) is 2. The third-order valence-corrected chi connectivity index (χ3v) is 4.76. The van der Waals surface area contributed by atoms with E-state index in [0.29, 0.717) is 17.0 Å². The van der Waals surface area contributed by atoms with Crippen LogP contribution in [0.15, 0.2) is 48.5 Å². The zero-order chi connectivity index (χ0) is 19.2. The van der Waals surface area contributed by atoms with Crippen LogP contribution in [0.3, 0.4) is 0 Å². The van der Waals surface area contributed by atoms with Gasteiger partial charge in [0.2, 0.25) is 5.91 Å². The van der Waals surface area contributed by atoms with Crippen molar-refractivity contribution in [1.82, 2.24) is 4.90 Å². The van der Waals surface area contributed by atoms with Crippen molar-refractivity contribution in [3.8, 4) is 5.75 Å². The van der Waals surface area contributed by atoms with Crippen molar-refractivity contribution in [3.05, 3.63) is 64.2 Å². The first-order chi connectivity index (χ1) is 13.1. The van der Waals surface area contributed by atoms with Crippen molar-refractivity contribution < 1.29 is 14.5 Å². The summed E-state index contributed by atoms with van der Waals surface area (Å²) in [5.41, 5.74) is 1.29. The third-order valence-electron chi connectivity index (χ3n) is 4.76.